The second kappa shape index (κ2) is 8.50. The highest BCUT2D eigenvalue weighted by Gasteiger charge is 2.31. The van der Waals surface area contributed by atoms with Crippen LogP contribution < -0.4 is 4.74 Å². The summed E-state index contributed by atoms with van der Waals surface area (Å²) < 4.78 is 39.8. The van der Waals surface area contributed by atoms with Crippen molar-refractivity contribution in [2.75, 3.05) is 6.61 Å². The Morgan fingerprint density at radius 3 is 2.50 bits per heavy atom. The molecule has 0 spiro atoms. The molecule has 0 aromatic carbocycles. The number of halogens is 2. The quantitative estimate of drug-likeness (QED) is 0.609. The van der Waals surface area contributed by atoms with E-state index in [-0.39, 0.29) is 35.1 Å². The van der Waals surface area contributed by atoms with E-state index in [1.54, 1.807) is 6.92 Å². The maximum Gasteiger partial charge on any atom is 0.359 e. The number of nitrogens with zero attached hydrogens (tertiary/aromatic N) is 3. The predicted molar refractivity (Wildman–Crippen MR) is 102 cm³/mol. The van der Waals surface area contributed by atoms with E-state index in [4.69, 9.17) is 9.47 Å². The second-order valence-electron chi connectivity index (χ2n) is 7.04. The summed E-state index contributed by atoms with van der Waals surface area (Å²) in [5, 5.41) is 4.37. The number of aromatic nitrogens is 3. The molecule has 2 aromatic heterocycles. The topological polar surface area (TPSA) is 66.2 Å². The van der Waals surface area contributed by atoms with Gasteiger partial charge in [0.1, 0.15) is 0 Å². The van der Waals surface area contributed by atoms with Gasteiger partial charge in [0.05, 0.1) is 23.9 Å². The van der Waals surface area contributed by atoms with Gasteiger partial charge in [0.15, 0.2) is 11.4 Å². The van der Waals surface area contributed by atoms with Crippen LogP contribution >= 0.6 is 0 Å². The van der Waals surface area contributed by atoms with Gasteiger partial charge >= 0.3 is 5.97 Å². The number of carbonyl (C=O) groups excluding carboxylic acids is 1. The van der Waals surface area contributed by atoms with Crippen molar-refractivity contribution < 1.29 is 23.0 Å². The zero-order valence-corrected chi connectivity index (χ0v) is 16.8. The van der Waals surface area contributed by atoms with Crippen LogP contribution in [0.3, 0.4) is 0 Å². The third-order valence-electron chi connectivity index (χ3n) is 4.02. The van der Waals surface area contributed by atoms with Crippen LogP contribution in [0.4, 0.5) is 8.78 Å². The van der Waals surface area contributed by atoms with E-state index in [0.717, 1.165) is 0 Å². The minimum Gasteiger partial charge on any atom is -0.461 e. The third-order valence-corrected chi connectivity index (χ3v) is 4.02. The molecule has 0 aliphatic carbocycles. The second-order valence-corrected chi connectivity index (χ2v) is 7.04. The molecule has 2 heterocycles. The van der Waals surface area contributed by atoms with Crippen LogP contribution in [0.2, 0.25) is 0 Å². The van der Waals surface area contributed by atoms with Crippen LogP contribution in [0.5, 0.6) is 11.6 Å². The molecule has 0 saturated carbocycles. The Morgan fingerprint density at radius 1 is 1.32 bits per heavy atom. The fraction of sp³-hybridized carbons (Fsp3) is 0.450. The van der Waals surface area contributed by atoms with Crippen LogP contribution in [0, 0.1) is 0 Å². The van der Waals surface area contributed by atoms with Crippen LogP contribution in [0.1, 0.15) is 68.2 Å². The SMILES string of the molecule is C=Cc1cncc(Oc2c(CC)c(C(=O)OCC)nn2C(C)(C)C)c1C(F)F. The maximum absolute atomic E-state index is 13.7. The average molecular weight is 393 g/mol. The van der Waals surface area contributed by atoms with Gasteiger partial charge in [0.2, 0.25) is 5.88 Å². The number of hydrogen-bond donors (Lipinski definition) is 0. The summed E-state index contributed by atoms with van der Waals surface area (Å²) in [5.41, 5.74) is -0.110. The lowest BCUT2D eigenvalue weighted by Gasteiger charge is -2.23. The minimum absolute atomic E-state index is 0.108. The Labute approximate surface area is 163 Å². The summed E-state index contributed by atoms with van der Waals surface area (Å²) in [6.07, 6.45) is 1.43. The lowest BCUT2D eigenvalue weighted by Crippen LogP contribution is -2.24. The standard InChI is InChI=1S/C20H25F2N3O3/c1-7-12-10-23-11-14(15(12)17(21)22)28-18-13(8-2)16(19(26)27-9-3)24-25(18)20(4,5)6/h7,10-11,17H,1,8-9H2,2-6H3. The molecule has 0 bridgehead atoms. The largest absolute Gasteiger partial charge is 0.461 e. The fourth-order valence-electron chi connectivity index (χ4n) is 2.72. The average Bonchev–Trinajstić information content (AvgIpc) is 3.00. The zero-order valence-electron chi connectivity index (χ0n) is 16.8. The van der Waals surface area contributed by atoms with E-state index in [2.05, 4.69) is 16.7 Å². The minimum atomic E-state index is -2.79. The number of pyridine rings is 1. The van der Waals surface area contributed by atoms with E-state index in [1.165, 1.54) is 23.2 Å². The Balaban J connectivity index is 2.69. The molecule has 0 N–H and O–H groups in total. The van der Waals surface area contributed by atoms with Crippen molar-refractivity contribution in [3.63, 3.8) is 0 Å². The van der Waals surface area contributed by atoms with Crippen LogP contribution in [-0.4, -0.2) is 27.3 Å². The van der Waals surface area contributed by atoms with Gasteiger partial charge in [-0.05, 0) is 34.1 Å². The lowest BCUT2D eigenvalue weighted by atomic mass is 10.1. The molecule has 2 rings (SSSR count). The summed E-state index contributed by atoms with van der Waals surface area (Å²) in [4.78, 5) is 16.3. The first-order valence-electron chi connectivity index (χ1n) is 9.01. The normalized spacial score (nSPS) is 11.6. The van der Waals surface area contributed by atoms with Crippen molar-refractivity contribution in [2.24, 2.45) is 0 Å². The van der Waals surface area contributed by atoms with Crippen molar-refractivity contribution in [3.05, 3.63) is 41.4 Å². The van der Waals surface area contributed by atoms with Crippen LogP contribution in [0.15, 0.2) is 19.0 Å². The Kier molecular flexibility index (Phi) is 6.53. The molecular weight excluding hydrogens is 368 g/mol. The smallest absolute Gasteiger partial charge is 0.359 e. The first kappa shape index (κ1) is 21.5. The van der Waals surface area contributed by atoms with Crippen LogP contribution in [-0.2, 0) is 16.7 Å². The first-order valence-corrected chi connectivity index (χ1v) is 9.01. The molecule has 0 atom stereocenters. The number of rotatable bonds is 7. The molecule has 0 radical (unpaired) electrons. The summed E-state index contributed by atoms with van der Waals surface area (Å²) in [5.74, 6) is -0.481. The molecule has 152 valence electrons. The Morgan fingerprint density at radius 2 is 2.00 bits per heavy atom. The molecule has 0 fully saturated rings. The lowest BCUT2D eigenvalue weighted by molar-refractivity contribution is 0.0516. The van der Waals surface area contributed by atoms with Crippen molar-refractivity contribution in [3.8, 4) is 11.6 Å². The Bertz CT molecular complexity index is 870. The van der Waals surface area contributed by atoms with Crippen molar-refractivity contribution in [1.82, 2.24) is 14.8 Å². The Hall–Kier alpha value is -2.77. The van der Waals surface area contributed by atoms with Gasteiger partial charge in [-0.3, -0.25) is 4.98 Å². The van der Waals surface area contributed by atoms with E-state index in [1.807, 2.05) is 27.7 Å². The highest BCUT2D eigenvalue weighted by atomic mass is 19.3. The van der Waals surface area contributed by atoms with Crippen molar-refractivity contribution >= 4 is 12.0 Å². The number of carbonyl (C=O) groups is 1. The van der Waals surface area contributed by atoms with Gasteiger partial charge in [-0.2, -0.15) is 5.10 Å². The highest BCUT2D eigenvalue weighted by Crippen LogP contribution is 2.38. The van der Waals surface area contributed by atoms with Crippen LogP contribution in [0.25, 0.3) is 6.08 Å². The molecule has 0 saturated heterocycles. The number of hydrogen-bond acceptors (Lipinski definition) is 5. The maximum atomic E-state index is 13.7. The number of esters is 1. The molecule has 0 aliphatic rings. The van der Waals surface area contributed by atoms with Gasteiger partial charge in [0, 0.05) is 17.3 Å². The van der Waals surface area contributed by atoms with Gasteiger partial charge < -0.3 is 9.47 Å². The fourth-order valence-corrected chi connectivity index (χ4v) is 2.72. The summed E-state index contributed by atoms with van der Waals surface area (Å²) in [7, 11) is 0. The molecule has 0 aliphatic heterocycles. The predicted octanol–water partition coefficient (Wildman–Crippen LogP) is 5.15. The summed E-state index contributed by atoms with van der Waals surface area (Å²) >= 11 is 0. The molecule has 28 heavy (non-hydrogen) atoms. The monoisotopic (exact) mass is 393 g/mol. The van der Waals surface area contributed by atoms with Crippen molar-refractivity contribution in [2.45, 2.75) is 53.0 Å². The third kappa shape index (κ3) is 4.21. The first-order chi connectivity index (χ1) is 13.1. The van der Waals surface area contributed by atoms with Crippen molar-refractivity contribution in [1.29, 1.82) is 0 Å². The molecule has 2 aromatic rings. The zero-order chi connectivity index (χ0) is 21.1. The molecule has 0 unspecified atom stereocenters. The van der Waals surface area contributed by atoms with Gasteiger partial charge in [-0.15, -0.1) is 0 Å². The van der Waals surface area contributed by atoms with E-state index >= 15 is 0 Å². The summed E-state index contributed by atoms with van der Waals surface area (Å²) in [6.45, 7) is 12.9. The highest BCUT2D eigenvalue weighted by molar-refractivity contribution is 5.89. The molecule has 8 heteroatoms. The van der Waals surface area contributed by atoms with E-state index in [9.17, 15) is 13.6 Å². The van der Waals surface area contributed by atoms with E-state index < -0.39 is 17.9 Å². The summed E-state index contributed by atoms with van der Waals surface area (Å²) in [6, 6.07) is 0. The number of alkyl halides is 2. The van der Waals surface area contributed by atoms with Gasteiger partial charge in [-0.1, -0.05) is 19.6 Å². The molecule has 6 nitrogen and oxygen atoms in total. The number of ether oxygens (including phenoxy) is 2. The van der Waals surface area contributed by atoms with E-state index in [0.29, 0.717) is 12.0 Å². The molecular formula is C20H25F2N3O3. The van der Waals surface area contributed by atoms with Gasteiger partial charge in [-0.25, -0.2) is 18.3 Å². The van der Waals surface area contributed by atoms with Gasteiger partial charge in [0.25, 0.3) is 6.43 Å². The molecule has 0 amide bonds.